The number of likely N-dealkylation sites (tertiary alicyclic amines) is 1. The predicted molar refractivity (Wildman–Crippen MR) is 96.8 cm³/mol. The fourth-order valence-electron chi connectivity index (χ4n) is 3.45. The van der Waals surface area contributed by atoms with E-state index in [0.717, 1.165) is 37.9 Å². The van der Waals surface area contributed by atoms with Gasteiger partial charge in [-0.25, -0.2) is 13.1 Å². The average Bonchev–Trinajstić information content (AvgIpc) is 2.52. The van der Waals surface area contributed by atoms with Crippen molar-refractivity contribution >= 4 is 10.0 Å². The first-order valence-electron chi connectivity index (χ1n) is 8.85. The molecule has 1 aliphatic rings. The SMILES string of the molecule is CCOc1ccc(S(=O)(=O)NCCCN2C[C@H](C)C[C@H](C)C2)cc1. The summed E-state index contributed by atoms with van der Waals surface area (Å²) in [6.45, 7) is 10.7. The van der Waals surface area contributed by atoms with Crippen LogP contribution in [-0.2, 0) is 10.0 Å². The molecule has 0 bridgehead atoms. The van der Waals surface area contributed by atoms with Crippen molar-refractivity contribution in [3.8, 4) is 5.75 Å². The molecular formula is C18H30N2O3S. The van der Waals surface area contributed by atoms with E-state index in [1.807, 2.05) is 6.92 Å². The summed E-state index contributed by atoms with van der Waals surface area (Å²) in [5.74, 6) is 2.15. The number of hydrogen-bond donors (Lipinski definition) is 1. The van der Waals surface area contributed by atoms with Gasteiger partial charge >= 0.3 is 0 Å². The Hall–Kier alpha value is -1.11. The molecule has 1 N–H and O–H groups in total. The van der Waals surface area contributed by atoms with E-state index in [1.54, 1.807) is 24.3 Å². The van der Waals surface area contributed by atoms with Gasteiger partial charge in [0, 0.05) is 19.6 Å². The quantitative estimate of drug-likeness (QED) is 0.729. The Morgan fingerprint density at radius 3 is 2.38 bits per heavy atom. The van der Waals surface area contributed by atoms with Crippen molar-refractivity contribution in [2.24, 2.45) is 11.8 Å². The summed E-state index contributed by atoms with van der Waals surface area (Å²) < 4.78 is 32.6. The lowest BCUT2D eigenvalue weighted by Gasteiger charge is -2.34. The zero-order chi connectivity index (χ0) is 17.6. The average molecular weight is 355 g/mol. The molecule has 1 aliphatic heterocycles. The van der Waals surface area contributed by atoms with Crippen LogP contribution in [0.2, 0.25) is 0 Å². The third-order valence-electron chi connectivity index (χ3n) is 4.33. The summed E-state index contributed by atoms with van der Waals surface area (Å²) in [6.07, 6.45) is 2.12. The summed E-state index contributed by atoms with van der Waals surface area (Å²) in [6, 6.07) is 6.55. The van der Waals surface area contributed by atoms with Crippen molar-refractivity contribution in [1.82, 2.24) is 9.62 Å². The molecule has 0 unspecified atom stereocenters. The number of hydrogen-bond acceptors (Lipinski definition) is 4. The number of nitrogens with zero attached hydrogens (tertiary/aromatic N) is 1. The van der Waals surface area contributed by atoms with Crippen molar-refractivity contribution in [2.45, 2.75) is 38.5 Å². The van der Waals surface area contributed by atoms with Gasteiger partial charge in [-0.05, 0) is 62.4 Å². The second-order valence-corrected chi connectivity index (χ2v) is 8.63. The molecule has 24 heavy (non-hydrogen) atoms. The third kappa shape index (κ3) is 5.76. The minimum absolute atomic E-state index is 0.283. The molecular weight excluding hydrogens is 324 g/mol. The molecule has 0 radical (unpaired) electrons. The number of ether oxygens (including phenoxy) is 1. The number of benzene rings is 1. The molecule has 136 valence electrons. The zero-order valence-electron chi connectivity index (χ0n) is 15.0. The molecule has 0 spiro atoms. The summed E-state index contributed by atoms with van der Waals surface area (Å²) in [5.41, 5.74) is 0. The Labute approximate surface area is 146 Å². The fourth-order valence-corrected chi connectivity index (χ4v) is 4.52. The van der Waals surface area contributed by atoms with Gasteiger partial charge in [0.05, 0.1) is 11.5 Å². The van der Waals surface area contributed by atoms with Crippen molar-refractivity contribution in [2.75, 3.05) is 32.8 Å². The smallest absolute Gasteiger partial charge is 0.240 e. The standard InChI is InChI=1S/C18H30N2O3S/c1-4-23-17-6-8-18(9-7-17)24(21,22)19-10-5-11-20-13-15(2)12-16(3)14-20/h6-9,15-16,19H,4-5,10-14H2,1-3H3/t15-,16+. The van der Waals surface area contributed by atoms with E-state index >= 15 is 0 Å². The third-order valence-corrected chi connectivity index (χ3v) is 5.81. The Morgan fingerprint density at radius 1 is 1.17 bits per heavy atom. The first-order chi connectivity index (χ1) is 11.4. The largest absolute Gasteiger partial charge is 0.494 e. The van der Waals surface area contributed by atoms with Crippen molar-refractivity contribution in [3.05, 3.63) is 24.3 Å². The molecule has 6 heteroatoms. The van der Waals surface area contributed by atoms with Gasteiger partial charge in [0.1, 0.15) is 5.75 Å². The first kappa shape index (κ1) is 19.2. The van der Waals surface area contributed by atoms with Crippen LogP contribution in [-0.4, -0.2) is 46.1 Å². The summed E-state index contributed by atoms with van der Waals surface area (Å²) in [7, 11) is -3.44. The molecule has 2 atom stereocenters. The summed E-state index contributed by atoms with van der Waals surface area (Å²) in [5, 5.41) is 0. The highest BCUT2D eigenvalue weighted by molar-refractivity contribution is 7.89. The molecule has 0 saturated carbocycles. The van der Waals surface area contributed by atoms with Crippen LogP contribution in [0, 0.1) is 11.8 Å². The van der Waals surface area contributed by atoms with Crippen LogP contribution in [0.4, 0.5) is 0 Å². The molecule has 1 heterocycles. The van der Waals surface area contributed by atoms with Gasteiger partial charge in [-0.2, -0.15) is 0 Å². The normalized spacial score (nSPS) is 22.5. The van der Waals surface area contributed by atoms with Crippen molar-refractivity contribution in [3.63, 3.8) is 0 Å². The van der Waals surface area contributed by atoms with Gasteiger partial charge in [0.2, 0.25) is 10.0 Å². The van der Waals surface area contributed by atoms with Crippen LogP contribution < -0.4 is 9.46 Å². The molecule has 1 saturated heterocycles. The van der Waals surface area contributed by atoms with E-state index in [2.05, 4.69) is 23.5 Å². The lowest BCUT2D eigenvalue weighted by Crippen LogP contribution is -2.40. The maximum atomic E-state index is 12.3. The Morgan fingerprint density at radius 2 is 1.79 bits per heavy atom. The van der Waals surface area contributed by atoms with Gasteiger partial charge in [-0.3, -0.25) is 0 Å². The fraction of sp³-hybridized carbons (Fsp3) is 0.667. The summed E-state index contributed by atoms with van der Waals surface area (Å²) >= 11 is 0. The van der Waals surface area contributed by atoms with Gasteiger partial charge in [0.15, 0.2) is 0 Å². The molecule has 5 nitrogen and oxygen atoms in total. The highest BCUT2D eigenvalue weighted by Gasteiger charge is 2.21. The maximum absolute atomic E-state index is 12.3. The van der Waals surface area contributed by atoms with Crippen LogP contribution in [0.15, 0.2) is 29.2 Å². The monoisotopic (exact) mass is 354 g/mol. The first-order valence-corrected chi connectivity index (χ1v) is 10.3. The number of piperidine rings is 1. The number of nitrogens with one attached hydrogen (secondary N) is 1. The van der Waals surface area contributed by atoms with Crippen molar-refractivity contribution < 1.29 is 13.2 Å². The predicted octanol–water partition coefficient (Wildman–Crippen LogP) is 2.73. The van der Waals surface area contributed by atoms with Gasteiger partial charge in [-0.15, -0.1) is 0 Å². The van der Waals surface area contributed by atoms with Crippen LogP contribution in [0.1, 0.15) is 33.6 Å². The molecule has 1 aromatic carbocycles. The van der Waals surface area contributed by atoms with Crippen molar-refractivity contribution in [1.29, 1.82) is 0 Å². The Bertz CT molecular complexity index is 591. The Kier molecular flexibility index (Phi) is 7.07. The zero-order valence-corrected chi connectivity index (χ0v) is 15.8. The lowest BCUT2D eigenvalue weighted by molar-refractivity contribution is 0.140. The molecule has 0 aliphatic carbocycles. The lowest BCUT2D eigenvalue weighted by atomic mass is 9.92. The molecule has 0 amide bonds. The number of sulfonamides is 1. The minimum Gasteiger partial charge on any atom is -0.494 e. The van der Waals surface area contributed by atoms with Crippen LogP contribution in [0.3, 0.4) is 0 Å². The second-order valence-electron chi connectivity index (χ2n) is 6.86. The molecule has 2 rings (SSSR count). The minimum atomic E-state index is -3.44. The van der Waals surface area contributed by atoms with Gasteiger partial charge < -0.3 is 9.64 Å². The van der Waals surface area contributed by atoms with E-state index in [9.17, 15) is 8.42 Å². The van der Waals surface area contributed by atoms with Crippen LogP contribution >= 0.6 is 0 Å². The molecule has 1 fully saturated rings. The highest BCUT2D eigenvalue weighted by atomic mass is 32.2. The van der Waals surface area contributed by atoms with Gasteiger partial charge in [-0.1, -0.05) is 13.8 Å². The molecule has 0 aromatic heterocycles. The van der Waals surface area contributed by atoms with E-state index in [-0.39, 0.29) is 4.90 Å². The summed E-state index contributed by atoms with van der Waals surface area (Å²) in [4.78, 5) is 2.73. The maximum Gasteiger partial charge on any atom is 0.240 e. The van der Waals surface area contributed by atoms with Crippen LogP contribution in [0.25, 0.3) is 0 Å². The van der Waals surface area contributed by atoms with E-state index < -0.39 is 10.0 Å². The van der Waals surface area contributed by atoms with E-state index in [4.69, 9.17) is 4.74 Å². The Balaban J connectivity index is 1.78. The van der Waals surface area contributed by atoms with Crippen LogP contribution in [0.5, 0.6) is 5.75 Å². The highest BCUT2D eigenvalue weighted by Crippen LogP contribution is 2.21. The van der Waals surface area contributed by atoms with E-state index in [0.29, 0.717) is 18.9 Å². The van der Waals surface area contributed by atoms with E-state index in [1.165, 1.54) is 6.42 Å². The van der Waals surface area contributed by atoms with Gasteiger partial charge in [0.25, 0.3) is 0 Å². The topological polar surface area (TPSA) is 58.6 Å². The second kappa shape index (κ2) is 8.83. The number of rotatable bonds is 8. The molecule has 1 aromatic rings.